The van der Waals surface area contributed by atoms with Crippen LogP contribution in [-0.4, -0.2) is 42.8 Å². The minimum absolute atomic E-state index is 0.0635. The third-order valence-corrected chi connectivity index (χ3v) is 9.29. The normalized spacial score (nSPS) is 16.8. The molecule has 2 atom stereocenters. The molecule has 0 aromatic heterocycles. The van der Waals surface area contributed by atoms with Crippen molar-refractivity contribution >= 4 is 23.6 Å². The predicted molar refractivity (Wildman–Crippen MR) is 192 cm³/mol. The molecular weight excluding hydrogens is 635 g/mol. The van der Waals surface area contributed by atoms with E-state index in [1.807, 2.05) is 109 Å². The van der Waals surface area contributed by atoms with E-state index in [1.54, 1.807) is 18.9 Å². The molecule has 0 unspecified atom stereocenters. The van der Waals surface area contributed by atoms with Gasteiger partial charge in [0, 0.05) is 41.3 Å². The van der Waals surface area contributed by atoms with E-state index in [0.29, 0.717) is 42.5 Å². The molecule has 0 bridgehead atoms. The van der Waals surface area contributed by atoms with Gasteiger partial charge in [-0.05, 0) is 71.3 Å². The summed E-state index contributed by atoms with van der Waals surface area (Å²) >= 11 is 1.68. The number of nitrogens with one attached hydrogen (secondary N) is 2. The van der Waals surface area contributed by atoms with Crippen LogP contribution >= 0.6 is 11.8 Å². The number of nitrogens with zero attached hydrogens (tertiary/aromatic N) is 1. The zero-order chi connectivity index (χ0) is 33.9. The number of ether oxygens (including phenoxy) is 3. The lowest BCUT2D eigenvalue weighted by molar-refractivity contribution is -0.130. The second kappa shape index (κ2) is 16.3. The maximum absolute atomic E-state index is 14.6. The lowest BCUT2D eigenvalue weighted by atomic mass is 9.82. The smallest absolute Gasteiger partial charge is 0.266 e. The summed E-state index contributed by atoms with van der Waals surface area (Å²) in [6.07, 6.45) is 0.0683. The molecule has 1 aliphatic heterocycles. The van der Waals surface area contributed by atoms with Crippen molar-refractivity contribution in [3.63, 3.8) is 0 Å². The Kier molecular flexibility index (Phi) is 11.3. The number of hydrogen-bond donors (Lipinski definition) is 3. The molecule has 1 amide bonds. The van der Waals surface area contributed by atoms with E-state index in [9.17, 15) is 4.79 Å². The van der Waals surface area contributed by atoms with Crippen molar-refractivity contribution in [3.05, 3.63) is 156 Å². The van der Waals surface area contributed by atoms with Crippen LogP contribution < -0.4 is 20.3 Å². The number of carbonyl (C=O) groups is 1. The van der Waals surface area contributed by atoms with Crippen molar-refractivity contribution < 1.29 is 24.1 Å². The number of benzene rings is 5. The highest BCUT2D eigenvalue weighted by Crippen LogP contribution is 2.43. The van der Waals surface area contributed by atoms with Gasteiger partial charge < -0.3 is 19.3 Å². The minimum Gasteiger partial charge on any atom is -0.497 e. The highest BCUT2D eigenvalue weighted by Gasteiger charge is 2.53. The first-order chi connectivity index (χ1) is 24.1. The molecular formula is C40H39N3O5S. The minimum atomic E-state index is -1.37. The number of rotatable bonds is 15. The first-order valence-electron chi connectivity index (χ1n) is 16.2. The zero-order valence-electron chi connectivity index (χ0n) is 27.3. The fourth-order valence-electron chi connectivity index (χ4n) is 5.69. The second-order valence-electron chi connectivity index (χ2n) is 11.6. The second-order valence-corrected chi connectivity index (χ2v) is 12.7. The van der Waals surface area contributed by atoms with Gasteiger partial charge in [0.25, 0.3) is 5.91 Å². The van der Waals surface area contributed by atoms with Crippen LogP contribution in [0.15, 0.2) is 148 Å². The molecule has 5 aromatic rings. The molecule has 8 nitrogen and oxygen atoms in total. The molecule has 0 fully saturated rings. The van der Waals surface area contributed by atoms with Crippen LogP contribution in [0, 0.1) is 0 Å². The van der Waals surface area contributed by atoms with Crippen LogP contribution in [0.4, 0.5) is 0 Å². The first kappa shape index (κ1) is 33.8. The van der Waals surface area contributed by atoms with Crippen molar-refractivity contribution in [3.8, 4) is 11.5 Å². The summed E-state index contributed by atoms with van der Waals surface area (Å²) in [5, 5.41) is 9.10. The van der Waals surface area contributed by atoms with Gasteiger partial charge in [0.1, 0.15) is 11.5 Å². The standard InChI is InChI=1S/C40H39N3O5S/c1-46-34-16-10-15-31(26-34)37-40(27-29-12-4-2-5-13-29,42-38(48-37)30-20-22-33(23-21-30)47-25-11-24-44)39(45)43-41-28-32-14-8-9-19-36(32)49-35-17-6-3-7-18-35/h2-10,12-23,26,37,41,44H,11,24-25,27-28H2,1H3,(H,43,45)/t37-,40-/m0/s1. The summed E-state index contributed by atoms with van der Waals surface area (Å²) in [7, 11) is 1.61. The number of aliphatic imine (C=N–C) groups is 1. The van der Waals surface area contributed by atoms with Crippen LogP contribution in [0.25, 0.3) is 0 Å². The fourth-order valence-corrected chi connectivity index (χ4v) is 6.65. The Morgan fingerprint density at radius 1 is 0.878 bits per heavy atom. The molecule has 9 heteroatoms. The number of carbonyl (C=O) groups excluding carboxylic acids is 1. The summed E-state index contributed by atoms with van der Waals surface area (Å²) in [6, 6.07) is 43.2. The first-order valence-corrected chi connectivity index (χ1v) is 17.0. The molecule has 0 aliphatic carbocycles. The number of aliphatic hydroxyl groups excluding tert-OH is 1. The lowest BCUT2D eigenvalue weighted by Crippen LogP contribution is -2.53. The van der Waals surface area contributed by atoms with Gasteiger partial charge in [-0.15, -0.1) is 0 Å². The van der Waals surface area contributed by atoms with Crippen molar-refractivity contribution in [1.29, 1.82) is 0 Å². The molecule has 250 valence electrons. The summed E-state index contributed by atoms with van der Waals surface area (Å²) < 4.78 is 17.9. The van der Waals surface area contributed by atoms with E-state index in [0.717, 1.165) is 26.5 Å². The number of amides is 1. The van der Waals surface area contributed by atoms with Gasteiger partial charge in [0.15, 0.2) is 11.6 Å². The van der Waals surface area contributed by atoms with Crippen LogP contribution in [0.3, 0.4) is 0 Å². The van der Waals surface area contributed by atoms with Gasteiger partial charge in [-0.2, -0.15) is 0 Å². The predicted octanol–water partition coefficient (Wildman–Crippen LogP) is 6.93. The zero-order valence-corrected chi connectivity index (χ0v) is 28.1. The molecule has 49 heavy (non-hydrogen) atoms. The average Bonchev–Trinajstić information content (AvgIpc) is 3.54. The monoisotopic (exact) mass is 673 g/mol. The number of aliphatic hydroxyl groups is 1. The number of hydrazine groups is 1. The van der Waals surface area contributed by atoms with Crippen molar-refractivity contribution in [2.75, 3.05) is 20.3 Å². The molecule has 0 saturated heterocycles. The van der Waals surface area contributed by atoms with E-state index in [2.05, 4.69) is 35.1 Å². The molecule has 0 saturated carbocycles. The number of methoxy groups -OCH3 is 1. The Morgan fingerprint density at radius 2 is 1.61 bits per heavy atom. The largest absolute Gasteiger partial charge is 0.497 e. The van der Waals surface area contributed by atoms with Gasteiger partial charge in [-0.25, -0.2) is 10.4 Å². The third-order valence-electron chi connectivity index (χ3n) is 8.17. The Labute approximate surface area is 291 Å². The van der Waals surface area contributed by atoms with Crippen LogP contribution in [-0.2, 0) is 22.5 Å². The lowest BCUT2D eigenvalue weighted by Gasteiger charge is -2.31. The third kappa shape index (κ3) is 8.32. The molecule has 3 N–H and O–H groups in total. The molecule has 0 radical (unpaired) electrons. The van der Waals surface area contributed by atoms with E-state index in [-0.39, 0.29) is 18.9 Å². The van der Waals surface area contributed by atoms with Crippen molar-refractivity contribution in [2.45, 2.75) is 40.8 Å². The van der Waals surface area contributed by atoms with Gasteiger partial charge in [0.05, 0.1) is 13.7 Å². The van der Waals surface area contributed by atoms with Crippen LogP contribution in [0.1, 0.15) is 34.8 Å². The summed E-state index contributed by atoms with van der Waals surface area (Å²) in [6.45, 7) is 0.879. The molecule has 5 aromatic carbocycles. The summed E-state index contributed by atoms with van der Waals surface area (Å²) in [4.78, 5) is 22.0. The van der Waals surface area contributed by atoms with E-state index >= 15 is 0 Å². The highest BCUT2D eigenvalue weighted by molar-refractivity contribution is 7.99. The van der Waals surface area contributed by atoms with E-state index < -0.39 is 11.6 Å². The van der Waals surface area contributed by atoms with E-state index in [4.69, 9.17) is 24.3 Å². The van der Waals surface area contributed by atoms with Gasteiger partial charge >= 0.3 is 0 Å². The molecule has 0 spiro atoms. The summed E-state index contributed by atoms with van der Waals surface area (Å²) in [5.41, 5.74) is 8.30. The Morgan fingerprint density at radius 3 is 2.37 bits per heavy atom. The topological polar surface area (TPSA) is 101 Å². The van der Waals surface area contributed by atoms with Gasteiger partial charge in [-0.1, -0.05) is 90.6 Å². The van der Waals surface area contributed by atoms with Gasteiger partial charge in [-0.3, -0.25) is 10.2 Å². The fraction of sp³-hybridized carbons (Fsp3) is 0.200. The van der Waals surface area contributed by atoms with E-state index in [1.165, 1.54) is 0 Å². The SMILES string of the molecule is COc1cccc([C@@H]2OC(c3ccc(OCCCO)cc3)=N[C@]2(Cc2ccccc2)C(=O)NNCc2ccccc2Sc2ccccc2)c1. The van der Waals surface area contributed by atoms with Crippen molar-refractivity contribution in [2.24, 2.45) is 4.99 Å². The van der Waals surface area contributed by atoms with Crippen LogP contribution in [0.5, 0.6) is 11.5 Å². The summed E-state index contributed by atoms with van der Waals surface area (Å²) in [5.74, 6) is 1.35. The highest BCUT2D eigenvalue weighted by atomic mass is 32.2. The Balaban J connectivity index is 1.32. The average molecular weight is 674 g/mol. The Bertz CT molecular complexity index is 1850. The maximum Gasteiger partial charge on any atom is 0.266 e. The quantitative estimate of drug-likeness (QED) is 0.0819. The Hall–Kier alpha value is -5.09. The maximum atomic E-state index is 14.6. The van der Waals surface area contributed by atoms with Crippen LogP contribution in [0.2, 0.25) is 0 Å². The number of hydrogen-bond acceptors (Lipinski definition) is 8. The molecule has 1 heterocycles. The molecule has 1 aliphatic rings. The van der Waals surface area contributed by atoms with Crippen molar-refractivity contribution in [1.82, 2.24) is 10.9 Å². The molecule has 6 rings (SSSR count). The van der Waals surface area contributed by atoms with Gasteiger partial charge in [0.2, 0.25) is 5.90 Å².